The fourth-order valence-electron chi connectivity index (χ4n) is 2.69. The number of carbonyl (C=O) groups excluding carboxylic acids is 2. The first-order valence-corrected chi connectivity index (χ1v) is 6.53. The second kappa shape index (κ2) is 5.67. The third-order valence-electron chi connectivity index (χ3n) is 3.83. The molecule has 0 radical (unpaired) electrons. The van der Waals surface area contributed by atoms with Gasteiger partial charge in [0.05, 0.1) is 12.1 Å². The smallest absolute Gasteiger partial charge is 0.239 e. The van der Waals surface area contributed by atoms with Gasteiger partial charge in [0, 0.05) is 32.6 Å². The molecule has 2 unspecified atom stereocenters. The molecular weight excluding hydrogens is 234 g/mol. The van der Waals surface area contributed by atoms with Crippen molar-refractivity contribution in [3.8, 4) is 0 Å². The Morgan fingerprint density at radius 2 is 2.00 bits per heavy atom. The van der Waals surface area contributed by atoms with Crippen molar-refractivity contribution in [2.24, 2.45) is 5.92 Å². The third kappa shape index (κ3) is 2.81. The molecule has 2 saturated heterocycles. The van der Waals surface area contributed by atoms with Crippen LogP contribution in [-0.2, 0) is 9.59 Å². The van der Waals surface area contributed by atoms with Gasteiger partial charge in [0.2, 0.25) is 11.8 Å². The van der Waals surface area contributed by atoms with E-state index >= 15 is 0 Å². The predicted molar refractivity (Wildman–Crippen MR) is 65.8 cm³/mol. The number of aliphatic hydroxyl groups is 1. The second-order valence-electron chi connectivity index (χ2n) is 5.06. The highest BCUT2D eigenvalue weighted by Gasteiger charge is 2.34. The van der Waals surface area contributed by atoms with Crippen molar-refractivity contribution in [1.82, 2.24) is 15.5 Å². The molecule has 0 aromatic rings. The van der Waals surface area contributed by atoms with Gasteiger partial charge in [-0.1, -0.05) is 0 Å². The molecule has 6 nitrogen and oxygen atoms in total. The molecule has 18 heavy (non-hydrogen) atoms. The van der Waals surface area contributed by atoms with Gasteiger partial charge in [0.1, 0.15) is 0 Å². The molecule has 2 rings (SSSR count). The molecule has 0 aromatic heterocycles. The maximum Gasteiger partial charge on any atom is 0.239 e. The van der Waals surface area contributed by atoms with Crippen LogP contribution in [0.5, 0.6) is 0 Å². The lowest BCUT2D eigenvalue weighted by Gasteiger charge is -2.32. The Morgan fingerprint density at radius 1 is 1.33 bits per heavy atom. The fourth-order valence-corrected chi connectivity index (χ4v) is 2.69. The van der Waals surface area contributed by atoms with Gasteiger partial charge in [-0.2, -0.15) is 0 Å². The molecule has 6 heteroatoms. The van der Waals surface area contributed by atoms with Crippen LogP contribution in [0.2, 0.25) is 0 Å². The molecule has 3 N–H and O–H groups in total. The highest BCUT2D eigenvalue weighted by atomic mass is 16.3. The number of rotatable bonds is 2. The van der Waals surface area contributed by atoms with Crippen LogP contribution in [0.1, 0.15) is 19.3 Å². The first-order chi connectivity index (χ1) is 8.61. The van der Waals surface area contributed by atoms with E-state index in [-0.39, 0.29) is 23.8 Å². The second-order valence-corrected chi connectivity index (χ2v) is 5.06. The van der Waals surface area contributed by atoms with E-state index in [0.29, 0.717) is 26.1 Å². The number of nitrogens with zero attached hydrogens (tertiary/aromatic N) is 1. The minimum Gasteiger partial charge on any atom is -0.392 e. The fraction of sp³-hybridized carbons (Fsp3) is 0.833. The molecule has 0 aromatic carbocycles. The van der Waals surface area contributed by atoms with Gasteiger partial charge in [-0.15, -0.1) is 0 Å². The summed E-state index contributed by atoms with van der Waals surface area (Å²) in [5, 5.41) is 15.1. The molecular formula is C12H21N3O3. The summed E-state index contributed by atoms with van der Waals surface area (Å²) in [7, 11) is 1.64. The van der Waals surface area contributed by atoms with Crippen LogP contribution >= 0.6 is 0 Å². The van der Waals surface area contributed by atoms with Gasteiger partial charge < -0.3 is 20.6 Å². The third-order valence-corrected chi connectivity index (χ3v) is 3.83. The van der Waals surface area contributed by atoms with E-state index in [2.05, 4.69) is 10.6 Å². The minimum absolute atomic E-state index is 0.0289. The highest BCUT2D eigenvalue weighted by molar-refractivity contribution is 5.83. The Bertz CT molecular complexity index is 327. The quantitative estimate of drug-likeness (QED) is 0.572. The van der Waals surface area contributed by atoms with E-state index in [1.54, 1.807) is 11.9 Å². The number of aliphatic hydroxyl groups excluding tert-OH is 1. The Morgan fingerprint density at radius 3 is 2.50 bits per heavy atom. The van der Waals surface area contributed by atoms with E-state index in [1.165, 1.54) is 0 Å². The van der Waals surface area contributed by atoms with Crippen molar-refractivity contribution in [2.75, 3.05) is 26.7 Å². The molecule has 2 heterocycles. The molecule has 102 valence electrons. The van der Waals surface area contributed by atoms with Crippen molar-refractivity contribution in [2.45, 2.75) is 31.4 Å². The zero-order valence-electron chi connectivity index (χ0n) is 10.7. The lowest BCUT2D eigenvalue weighted by Crippen LogP contribution is -2.48. The van der Waals surface area contributed by atoms with Gasteiger partial charge in [-0.3, -0.25) is 9.59 Å². The van der Waals surface area contributed by atoms with Gasteiger partial charge in [-0.25, -0.2) is 0 Å². The summed E-state index contributed by atoms with van der Waals surface area (Å²) in [5.74, 6) is 0.152. The lowest BCUT2D eigenvalue weighted by atomic mass is 9.95. The zero-order chi connectivity index (χ0) is 13.1. The summed E-state index contributed by atoms with van der Waals surface area (Å²) in [4.78, 5) is 25.4. The number of nitrogens with one attached hydrogen (secondary N) is 2. The van der Waals surface area contributed by atoms with Crippen molar-refractivity contribution in [3.63, 3.8) is 0 Å². The van der Waals surface area contributed by atoms with E-state index in [9.17, 15) is 14.7 Å². The SMILES string of the molecule is CNC(=O)C1CCN(C(=O)C2CC(O)CN2)CC1. The largest absolute Gasteiger partial charge is 0.392 e. The first-order valence-electron chi connectivity index (χ1n) is 6.53. The Hall–Kier alpha value is -1.14. The molecule has 2 atom stereocenters. The minimum atomic E-state index is -0.414. The van der Waals surface area contributed by atoms with E-state index < -0.39 is 6.10 Å². The summed E-state index contributed by atoms with van der Waals surface area (Å²) in [6.45, 7) is 1.75. The average Bonchev–Trinajstić information content (AvgIpc) is 2.84. The highest BCUT2D eigenvalue weighted by Crippen LogP contribution is 2.19. The van der Waals surface area contributed by atoms with E-state index in [4.69, 9.17) is 0 Å². The predicted octanol–water partition coefficient (Wildman–Crippen LogP) is -1.31. The van der Waals surface area contributed by atoms with Crippen molar-refractivity contribution >= 4 is 11.8 Å². The van der Waals surface area contributed by atoms with Crippen LogP contribution in [0, 0.1) is 5.92 Å². The molecule has 2 amide bonds. The number of β-amino-alcohol motifs (C(OH)–C–C–N with tert-alkyl or cyclic N) is 1. The summed E-state index contributed by atoms with van der Waals surface area (Å²) < 4.78 is 0. The Balaban J connectivity index is 1.82. The average molecular weight is 255 g/mol. The van der Waals surface area contributed by atoms with Gasteiger partial charge in [0.15, 0.2) is 0 Å². The number of likely N-dealkylation sites (tertiary alicyclic amines) is 1. The Labute approximate surface area is 107 Å². The molecule has 0 spiro atoms. The molecule has 0 saturated carbocycles. The standard InChI is InChI=1S/C12H21N3O3/c1-13-11(17)8-2-4-15(5-3-8)12(18)10-6-9(16)7-14-10/h8-10,14,16H,2-7H2,1H3,(H,13,17). The van der Waals surface area contributed by atoms with Crippen LogP contribution in [0.25, 0.3) is 0 Å². The summed E-state index contributed by atoms with van der Waals surface area (Å²) in [6, 6.07) is -0.253. The summed E-state index contributed by atoms with van der Waals surface area (Å²) in [5.41, 5.74) is 0. The number of hydrogen-bond acceptors (Lipinski definition) is 4. The number of amides is 2. The van der Waals surface area contributed by atoms with Gasteiger partial charge in [-0.05, 0) is 19.3 Å². The maximum atomic E-state index is 12.1. The zero-order valence-corrected chi connectivity index (χ0v) is 10.7. The molecule has 0 aliphatic carbocycles. The van der Waals surface area contributed by atoms with E-state index in [1.807, 2.05) is 0 Å². The van der Waals surface area contributed by atoms with Crippen LogP contribution in [-0.4, -0.2) is 60.6 Å². The normalized spacial score (nSPS) is 29.3. The molecule has 0 bridgehead atoms. The van der Waals surface area contributed by atoms with Crippen LogP contribution < -0.4 is 10.6 Å². The molecule has 2 fully saturated rings. The monoisotopic (exact) mass is 255 g/mol. The van der Waals surface area contributed by atoms with Crippen molar-refractivity contribution < 1.29 is 14.7 Å². The van der Waals surface area contributed by atoms with Crippen LogP contribution in [0.4, 0.5) is 0 Å². The number of piperidine rings is 1. The Kier molecular flexibility index (Phi) is 4.19. The lowest BCUT2D eigenvalue weighted by molar-refractivity contribution is -0.137. The van der Waals surface area contributed by atoms with Crippen molar-refractivity contribution in [3.05, 3.63) is 0 Å². The van der Waals surface area contributed by atoms with Gasteiger partial charge >= 0.3 is 0 Å². The van der Waals surface area contributed by atoms with Crippen LogP contribution in [0.3, 0.4) is 0 Å². The summed E-state index contributed by atoms with van der Waals surface area (Å²) in [6.07, 6.45) is 1.53. The van der Waals surface area contributed by atoms with Crippen LogP contribution in [0.15, 0.2) is 0 Å². The topological polar surface area (TPSA) is 81.7 Å². The van der Waals surface area contributed by atoms with E-state index in [0.717, 1.165) is 12.8 Å². The number of hydrogen-bond donors (Lipinski definition) is 3. The maximum absolute atomic E-state index is 12.1. The van der Waals surface area contributed by atoms with Crippen molar-refractivity contribution in [1.29, 1.82) is 0 Å². The number of carbonyl (C=O) groups is 2. The summed E-state index contributed by atoms with van der Waals surface area (Å²) >= 11 is 0. The van der Waals surface area contributed by atoms with Gasteiger partial charge in [0.25, 0.3) is 0 Å². The molecule has 2 aliphatic heterocycles. The molecule has 2 aliphatic rings. The first kappa shape index (κ1) is 13.3.